The van der Waals surface area contributed by atoms with Crippen LogP contribution in [0.4, 0.5) is 5.69 Å². The number of nitrogens with zero attached hydrogens (tertiary/aromatic N) is 2. The molecule has 0 aliphatic heterocycles. The molecule has 9 nitrogen and oxygen atoms in total. The van der Waals surface area contributed by atoms with Gasteiger partial charge in [0.15, 0.2) is 0 Å². The normalized spacial score (nSPS) is 13.1. The molecule has 0 aliphatic rings. The number of carbonyl (C=O) groups excluding carboxylic acids is 1. The molecule has 0 saturated heterocycles. The largest absolute Gasteiger partial charge is 0.377 e. The van der Waals surface area contributed by atoms with Crippen LogP contribution in [0.2, 0.25) is 0 Å². The molecule has 2 rings (SSSR count). The summed E-state index contributed by atoms with van der Waals surface area (Å²) in [6.45, 7) is 3.19. The maximum Gasteiger partial charge on any atom is 0.264 e. The Morgan fingerprint density at radius 3 is 2.37 bits per heavy atom. The smallest absolute Gasteiger partial charge is 0.264 e. The molecule has 6 N–H and O–H groups in total. The van der Waals surface area contributed by atoms with Gasteiger partial charge in [0.2, 0.25) is 11.9 Å². The molecule has 0 bridgehead atoms. The van der Waals surface area contributed by atoms with E-state index >= 15 is 0 Å². The molecule has 1 amide bonds. The van der Waals surface area contributed by atoms with Crippen molar-refractivity contribution >= 4 is 38.3 Å². The van der Waals surface area contributed by atoms with Gasteiger partial charge in [-0.1, -0.05) is 56.9 Å². The SMILES string of the molecule is CCCCCCCN[C@@H](CCCN=C(N)NS(=O)(=O)c1cccc2c(N(C)C)cccc12)C(N)=O. The van der Waals surface area contributed by atoms with E-state index in [1.165, 1.54) is 19.3 Å². The fraction of sp³-hybridized carbons (Fsp3) is 0.520. The zero-order chi connectivity index (χ0) is 25.8. The Balaban J connectivity index is 1.94. The zero-order valence-electron chi connectivity index (χ0n) is 21.1. The number of primary amides is 1. The number of rotatable bonds is 15. The number of guanidine groups is 1. The van der Waals surface area contributed by atoms with Crippen LogP contribution < -0.4 is 26.4 Å². The lowest BCUT2D eigenvalue weighted by molar-refractivity contribution is -0.120. The van der Waals surface area contributed by atoms with Crippen LogP contribution in [0, 0.1) is 0 Å². The third-order valence-corrected chi connectivity index (χ3v) is 7.23. The van der Waals surface area contributed by atoms with Crippen LogP contribution in [0.15, 0.2) is 46.3 Å². The molecule has 0 fully saturated rings. The van der Waals surface area contributed by atoms with E-state index in [0.717, 1.165) is 30.5 Å². The molecule has 0 heterocycles. The number of nitrogens with two attached hydrogens (primary N) is 2. The molecule has 0 aliphatic carbocycles. The highest BCUT2D eigenvalue weighted by molar-refractivity contribution is 7.90. The number of nitrogens with one attached hydrogen (secondary N) is 2. The fourth-order valence-corrected chi connectivity index (χ4v) is 5.13. The molecule has 2 aromatic rings. The summed E-state index contributed by atoms with van der Waals surface area (Å²) in [5, 5.41) is 4.63. The number of sulfonamides is 1. The zero-order valence-corrected chi connectivity index (χ0v) is 21.9. The summed E-state index contributed by atoms with van der Waals surface area (Å²) < 4.78 is 28.4. The van der Waals surface area contributed by atoms with E-state index in [9.17, 15) is 13.2 Å². The maximum atomic E-state index is 13.0. The number of hydrogen-bond acceptors (Lipinski definition) is 6. The highest BCUT2D eigenvalue weighted by atomic mass is 32.2. The van der Waals surface area contributed by atoms with Crippen LogP contribution >= 0.6 is 0 Å². The minimum Gasteiger partial charge on any atom is -0.377 e. The van der Waals surface area contributed by atoms with E-state index in [4.69, 9.17) is 11.5 Å². The Bertz CT molecular complexity index is 1100. The van der Waals surface area contributed by atoms with Crippen molar-refractivity contribution in [1.29, 1.82) is 0 Å². The molecule has 2 aromatic carbocycles. The summed E-state index contributed by atoms with van der Waals surface area (Å²) in [6, 6.07) is 10.2. The van der Waals surface area contributed by atoms with Crippen molar-refractivity contribution in [2.45, 2.75) is 62.8 Å². The minimum atomic E-state index is -3.93. The Morgan fingerprint density at radius 1 is 1.00 bits per heavy atom. The number of benzene rings is 2. The lowest BCUT2D eigenvalue weighted by Gasteiger charge is -2.17. The van der Waals surface area contributed by atoms with Crippen LogP contribution in [-0.2, 0) is 14.8 Å². The van der Waals surface area contributed by atoms with E-state index in [-0.39, 0.29) is 17.4 Å². The third kappa shape index (κ3) is 8.70. The first-order valence-corrected chi connectivity index (χ1v) is 13.7. The molecule has 0 spiro atoms. The molecular formula is C25H40N6O3S. The van der Waals surface area contributed by atoms with Gasteiger partial charge < -0.3 is 21.7 Å². The quantitative estimate of drug-likeness (QED) is 0.167. The van der Waals surface area contributed by atoms with Gasteiger partial charge in [-0.3, -0.25) is 9.79 Å². The Morgan fingerprint density at radius 2 is 1.69 bits per heavy atom. The van der Waals surface area contributed by atoms with Crippen molar-refractivity contribution in [2.24, 2.45) is 16.5 Å². The summed E-state index contributed by atoms with van der Waals surface area (Å²) in [4.78, 5) is 17.9. The second-order valence-corrected chi connectivity index (χ2v) is 10.5. The average molecular weight is 505 g/mol. The maximum absolute atomic E-state index is 13.0. The average Bonchev–Trinajstić information content (AvgIpc) is 2.81. The molecule has 194 valence electrons. The second-order valence-electron chi connectivity index (χ2n) is 8.86. The fourth-order valence-electron chi connectivity index (χ4n) is 3.96. The van der Waals surface area contributed by atoms with Crippen LogP contribution in [0.25, 0.3) is 10.8 Å². The Hall–Kier alpha value is -2.85. The van der Waals surface area contributed by atoms with Crippen molar-refractivity contribution in [3.05, 3.63) is 36.4 Å². The minimum absolute atomic E-state index is 0.133. The van der Waals surface area contributed by atoms with Gasteiger partial charge in [-0.2, -0.15) is 0 Å². The van der Waals surface area contributed by atoms with Crippen molar-refractivity contribution in [1.82, 2.24) is 10.0 Å². The molecule has 1 atom stereocenters. The summed E-state index contributed by atoms with van der Waals surface area (Å²) in [6.07, 6.45) is 6.78. The highest BCUT2D eigenvalue weighted by Crippen LogP contribution is 2.30. The van der Waals surface area contributed by atoms with E-state index in [0.29, 0.717) is 18.2 Å². The second kappa shape index (κ2) is 13.9. The monoisotopic (exact) mass is 504 g/mol. The molecule has 35 heavy (non-hydrogen) atoms. The van der Waals surface area contributed by atoms with Crippen molar-refractivity contribution in [2.75, 3.05) is 32.1 Å². The molecule has 0 unspecified atom stereocenters. The third-order valence-electron chi connectivity index (χ3n) is 5.82. The first kappa shape index (κ1) is 28.4. The highest BCUT2D eigenvalue weighted by Gasteiger charge is 2.19. The van der Waals surface area contributed by atoms with Crippen LogP contribution in [0.1, 0.15) is 51.9 Å². The molecule has 0 saturated carbocycles. The van der Waals surface area contributed by atoms with Gasteiger partial charge >= 0.3 is 0 Å². The number of fused-ring (bicyclic) bond motifs is 1. The van der Waals surface area contributed by atoms with Gasteiger partial charge in [0.05, 0.1) is 10.9 Å². The van der Waals surface area contributed by atoms with Gasteiger partial charge in [-0.05, 0) is 37.9 Å². The van der Waals surface area contributed by atoms with Gasteiger partial charge in [0.1, 0.15) is 0 Å². The lowest BCUT2D eigenvalue weighted by atomic mass is 10.1. The van der Waals surface area contributed by atoms with E-state index in [2.05, 4.69) is 22.0 Å². The van der Waals surface area contributed by atoms with Gasteiger partial charge in [0.25, 0.3) is 10.0 Å². The standard InChI is InChI=1S/C25H40N6O3S/c1-4-5-6-7-8-17-28-21(24(26)32)14-11-18-29-25(27)30-35(33,34)23-16-10-12-19-20(23)13-9-15-22(19)31(2)3/h9-10,12-13,15-16,21,28H,4-8,11,14,17-18H2,1-3H3,(H2,26,32)(H3,27,29,30)/t21-/m0/s1. The van der Waals surface area contributed by atoms with Crippen LogP contribution in [0.5, 0.6) is 0 Å². The number of carbonyl (C=O) groups is 1. The Kier molecular flexibility index (Phi) is 11.3. The van der Waals surface area contributed by atoms with Crippen molar-refractivity contribution in [3.63, 3.8) is 0 Å². The first-order chi connectivity index (χ1) is 16.7. The summed E-state index contributed by atoms with van der Waals surface area (Å²) in [7, 11) is -0.113. The number of hydrogen-bond donors (Lipinski definition) is 4. The molecular weight excluding hydrogens is 464 g/mol. The van der Waals surface area contributed by atoms with Crippen LogP contribution in [0.3, 0.4) is 0 Å². The van der Waals surface area contributed by atoms with Gasteiger partial charge in [-0.25, -0.2) is 13.1 Å². The van der Waals surface area contributed by atoms with Gasteiger partial charge in [0, 0.05) is 37.1 Å². The predicted octanol–water partition coefficient (Wildman–Crippen LogP) is 2.69. The number of aliphatic imine (C=N–C) groups is 1. The topological polar surface area (TPSA) is 143 Å². The number of anilines is 1. The van der Waals surface area contributed by atoms with E-state index in [1.807, 2.05) is 37.2 Å². The molecule has 0 aromatic heterocycles. The van der Waals surface area contributed by atoms with Gasteiger partial charge in [-0.15, -0.1) is 0 Å². The molecule has 0 radical (unpaired) electrons. The number of unbranched alkanes of at least 4 members (excludes halogenated alkanes) is 4. The van der Waals surface area contributed by atoms with Crippen molar-refractivity contribution in [3.8, 4) is 0 Å². The Labute approximate surface area is 209 Å². The lowest BCUT2D eigenvalue weighted by Crippen LogP contribution is -2.41. The first-order valence-electron chi connectivity index (χ1n) is 12.2. The predicted molar refractivity (Wildman–Crippen MR) is 144 cm³/mol. The van der Waals surface area contributed by atoms with Crippen LogP contribution in [-0.4, -0.2) is 53.5 Å². The van der Waals surface area contributed by atoms with E-state index < -0.39 is 22.0 Å². The summed E-state index contributed by atoms with van der Waals surface area (Å²) in [5.41, 5.74) is 12.3. The molecule has 10 heteroatoms. The summed E-state index contributed by atoms with van der Waals surface area (Å²) >= 11 is 0. The number of amides is 1. The summed E-state index contributed by atoms with van der Waals surface area (Å²) in [5.74, 6) is -0.588. The van der Waals surface area contributed by atoms with Crippen molar-refractivity contribution < 1.29 is 13.2 Å². The van der Waals surface area contributed by atoms with E-state index in [1.54, 1.807) is 18.2 Å².